The van der Waals surface area contributed by atoms with Crippen molar-refractivity contribution in [1.29, 1.82) is 5.26 Å². The summed E-state index contributed by atoms with van der Waals surface area (Å²) in [5.74, 6) is 1.66. The minimum atomic E-state index is -0.636. The Balaban J connectivity index is 2.17. The third-order valence-corrected chi connectivity index (χ3v) is 3.62. The summed E-state index contributed by atoms with van der Waals surface area (Å²) in [7, 11) is 0. The lowest BCUT2D eigenvalue weighted by Crippen LogP contribution is -2.39. The predicted molar refractivity (Wildman–Crippen MR) is 71.4 cm³/mol. The van der Waals surface area contributed by atoms with E-state index in [0.29, 0.717) is 0 Å². The van der Waals surface area contributed by atoms with Crippen molar-refractivity contribution in [3.8, 4) is 6.07 Å². The van der Waals surface area contributed by atoms with E-state index in [1.165, 1.54) is 19.5 Å². The fourth-order valence-electron chi connectivity index (χ4n) is 2.86. The summed E-state index contributed by atoms with van der Waals surface area (Å²) < 4.78 is 0. The molecule has 0 bridgehead atoms. The molecule has 0 amide bonds. The average Bonchev–Trinajstić information content (AvgIpc) is 2.23. The Labute approximate surface area is 106 Å². The third kappa shape index (κ3) is 5.52. The van der Waals surface area contributed by atoms with E-state index >= 15 is 0 Å². The van der Waals surface area contributed by atoms with E-state index in [4.69, 9.17) is 11.0 Å². The molecule has 0 aromatic heterocycles. The second-order valence-electron chi connectivity index (χ2n) is 6.19. The number of likely N-dealkylation sites (tertiary alicyclic amines) is 1. The zero-order valence-corrected chi connectivity index (χ0v) is 11.6. The smallest absolute Gasteiger partial charge is 0.101 e. The van der Waals surface area contributed by atoms with Crippen molar-refractivity contribution in [1.82, 2.24) is 4.90 Å². The molecule has 17 heavy (non-hydrogen) atoms. The van der Waals surface area contributed by atoms with Crippen molar-refractivity contribution in [2.75, 3.05) is 19.6 Å². The minimum absolute atomic E-state index is 0.636. The average molecular weight is 237 g/mol. The first kappa shape index (κ1) is 14.5. The van der Waals surface area contributed by atoms with Crippen LogP contribution in [0.15, 0.2) is 0 Å². The standard InChI is InChI=1S/C14H27N3/c1-12-8-13(2)10-17(9-12)7-5-4-6-14(3,16)11-15/h12-13H,4-10,16H2,1-3H3. The molecule has 0 aromatic carbocycles. The van der Waals surface area contributed by atoms with E-state index in [1.54, 1.807) is 0 Å². The normalized spacial score (nSPS) is 29.6. The monoisotopic (exact) mass is 237 g/mol. The summed E-state index contributed by atoms with van der Waals surface area (Å²) in [6.07, 6.45) is 4.39. The Morgan fingerprint density at radius 2 is 1.88 bits per heavy atom. The molecule has 0 saturated carbocycles. The molecule has 0 aliphatic carbocycles. The van der Waals surface area contributed by atoms with Gasteiger partial charge in [-0.1, -0.05) is 13.8 Å². The van der Waals surface area contributed by atoms with Gasteiger partial charge in [0.25, 0.3) is 0 Å². The molecule has 98 valence electrons. The predicted octanol–water partition coefficient (Wildman–Crippen LogP) is 2.38. The second-order valence-corrected chi connectivity index (χ2v) is 6.19. The molecule has 1 rings (SSSR count). The maximum atomic E-state index is 8.83. The van der Waals surface area contributed by atoms with Crippen LogP contribution >= 0.6 is 0 Å². The minimum Gasteiger partial charge on any atom is -0.314 e. The van der Waals surface area contributed by atoms with Gasteiger partial charge in [-0.05, 0) is 51.0 Å². The van der Waals surface area contributed by atoms with Crippen LogP contribution in [-0.2, 0) is 0 Å². The molecule has 0 aromatic rings. The molecule has 2 N–H and O–H groups in total. The lowest BCUT2D eigenvalue weighted by atomic mass is 9.91. The number of nitrogens with zero attached hydrogens (tertiary/aromatic N) is 2. The van der Waals surface area contributed by atoms with Gasteiger partial charge in [-0.15, -0.1) is 0 Å². The molecular weight excluding hydrogens is 210 g/mol. The van der Waals surface area contributed by atoms with Crippen LogP contribution in [0.2, 0.25) is 0 Å². The maximum Gasteiger partial charge on any atom is 0.101 e. The van der Waals surface area contributed by atoms with Gasteiger partial charge in [-0.3, -0.25) is 0 Å². The molecule has 0 radical (unpaired) electrons. The van der Waals surface area contributed by atoms with Gasteiger partial charge in [-0.2, -0.15) is 5.26 Å². The molecule has 3 unspecified atom stereocenters. The fraction of sp³-hybridized carbons (Fsp3) is 0.929. The van der Waals surface area contributed by atoms with Crippen molar-refractivity contribution in [2.45, 2.75) is 52.0 Å². The first-order chi connectivity index (χ1) is 7.93. The molecule has 1 heterocycles. The number of unbranched alkanes of at least 4 members (excludes halogenated alkanes) is 1. The molecule has 3 atom stereocenters. The van der Waals surface area contributed by atoms with E-state index < -0.39 is 5.54 Å². The Bertz CT molecular complexity index is 257. The lowest BCUT2D eigenvalue weighted by molar-refractivity contribution is 0.138. The van der Waals surface area contributed by atoms with Crippen molar-refractivity contribution in [3.05, 3.63) is 0 Å². The van der Waals surface area contributed by atoms with Crippen LogP contribution in [0.4, 0.5) is 0 Å². The first-order valence-electron chi connectivity index (χ1n) is 6.85. The van der Waals surface area contributed by atoms with Gasteiger partial charge in [-0.25, -0.2) is 0 Å². The zero-order valence-electron chi connectivity index (χ0n) is 11.6. The van der Waals surface area contributed by atoms with Crippen LogP contribution in [0, 0.1) is 23.2 Å². The van der Waals surface area contributed by atoms with Gasteiger partial charge in [0.05, 0.1) is 6.07 Å². The SMILES string of the molecule is CC1CC(C)CN(CCCCC(C)(N)C#N)C1. The Kier molecular flexibility index (Phi) is 5.42. The van der Waals surface area contributed by atoms with Gasteiger partial charge in [0.1, 0.15) is 5.54 Å². The lowest BCUT2D eigenvalue weighted by Gasteiger charge is -2.35. The summed E-state index contributed by atoms with van der Waals surface area (Å²) in [5, 5.41) is 8.83. The molecular formula is C14H27N3. The number of hydrogen-bond donors (Lipinski definition) is 1. The van der Waals surface area contributed by atoms with Crippen molar-refractivity contribution in [2.24, 2.45) is 17.6 Å². The molecule has 1 fully saturated rings. The number of hydrogen-bond acceptors (Lipinski definition) is 3. The van der Waals surface area contributed by atoms with Crippen molar-refractivity contribution < 1.29 is 0 Å². The van der Waals surface area contributed by atoms with Gasteiger partial charge in [0.15, 0.2) is 0 Å². The Morgan fingerprint density at radius 3 is 2.41 bits per heavy atom. The van der Waals surface area contributed by atoms with Crippen LogP contribution < -0.4 is 5.73 Å². The van der Waals surface area contributed by atoms with Crippen molar-refractivity contribution in [3.63, 3.8) is 0 Å². The quantitative estimate of drug-likeness (QED) is 0.747. The first-order valence-corrected chi connectivity index (χ1v) is 6.85. The highest BCUT2D eigenvalue weighted by molar-refractivity contribution is 5.00. The van der Waals surface area contributed by atoms with Crippen LogP contribution in [0.5, 0.6) is 0 Å². The summed E-state index contributed by atoms with van der Waals surface area (Å²) >= 11 is 0. The molecule has 3 heteroatoms. The van der Waals surface area contributed by atoms with Gasteiger partial charge in [0.2, 0.25) is 0 Å². The second kappa shape index (κ2) is 6.37. The zero-order chi connectivity index (χ0) is 12.9. The number of rotatable bonds is 5. The van der Waals surface area contributed by atoms with E-state index in [-0.39, 0.29) is 0 Å². The topological polar surface area (TPSA) is 53.0 Å². The molecule has 3 nitrogen and oxygen atoms in total. The Hall–Kier alpha value is -0.590. The fourth-order valence-corrected chi connectivity index (χ4v) is 2.86. The highest BCUT2D eigenvalue weighted by Crippen LogP contribution is 2.21. The number of nitrogens with two attached hydrogens (primary N) is 1. The molecule has 1 aliphatic heterocycles. The van der Waals surface area contributed by atoms with Crippen LogP contribution in [-0.4, -0.2) is 30.1 Å². The number of nitriles is 1. The largest absolute Gasteiger partial charge is 0.314 e. The maximum absolute atomic E-state index is 8.83. The summed E-state index contributed by atoms with van der Waals surface area (Å²) in [6, 6.07) is 2.16. The van der Waals surface area contributed by atoms with Gasteiger partial charge < -0.3 is 10.6 Å². The Morgan fingerprint density at radius 1 is 1.29 bits per heavy atom. The van der Waals surface area contributed by atoms with Crippen LogP contribution in [0.3, 0.4) is 0 Å². The van der Waals surface area contributed by atoms with E-state index in [1.807, 2.05) is 6.92 Å². The highest BCUT2D eigenvalue weighted by Gasteiger charge is 2.21. The van der Waals surface area contributed by atoms with Crippen LogP contribution in [0.1, 0.15) is 46.5 Å². The van der Waals surface area contributed by atoms with E-state index in [2.05, 4.69) is 24.8 Å². The van der Waals surface area contributed by atoms with Gasteiger partial charge >= 0.3 is 0 Å². The molecule has 0 spiro atoms. The summed E-state index contributed by atoms with van der Waals surface area (Å²) in [5.41, 5.74) is 5.17. The van der Waals surface area contributed by atoms with Crippen molar-refractivity contribution >= 4 is 0 Å². The van der Waals surface area contributed by atoms with Gasteiger partial charge in [0, 0.05) is 13.1 Å². The summed E-state index contributed by atoms with van der Waals surface area (Å²) in [6.45, 7) is 10.1. The van der Waals surface area contributed by atoms with Crippen LogP contribution in [0.25, 0.3) is 0 Å². The number of piperidine rings is 1. The highest BCUT2D eigenvalue weighted by atomic mass is 15.1. The molecule has 1 saturated heterocycles. The van der Waals surface area contributed by atoms with E-state index in [9.17, 15) is 0 Å². The summed E-state index contributed by atoms with van der Waals surface area (Å²) in [4.78, 5) is 2.57. The third-order valence-electron chi connectivity index (χ3n) is 3.62. The molecule has 1 aliphatic rings. The van der Waals surface area contributed by atoms with E-state index in [0.717, 1.165) is 37.6 Å².